The van der Waals surface area contributed by atoms with Crippen LogP contribution in [-0.4, -0.2) is 30.3 Å². The van der Waals surface area contributed by atoms with Gasteiger partial charge in [-0.25, -0.2) is 9.69 Å². The summed E-state index contributed by atoms with van der Waals surface area (Å²) in [7, 11) is 0. The molecule has 28 heavy (non-hydrogen) atoms. The Labute approximate surface area is 161 Å². The maximum absolute atomic E-state index is 12.2. The van der Waals surface area contributed by atoms with Gasteiger partial charge in [0.2, 0.25) is 0 Å². The van der Waals surface area contributed by atoms with E-state index in [1.807, 2.05) is 19.1 Å². The Bertz CT molecular complexity index is 945. The van der Waals surface area contributed by atoms with Crippen LogP contribution >= 0.6 is 0 Å². The standard InChI is InChI=1S/C21H18N2O5/c1-2-14-6-8-16(9-7-14)22-18(24)13-28-21(27)15-4-3-5-17(12-15)23-19(25)10-11-20(23)26/h3-12H,2,13H2,1H3,(H,22,24). The molecule has 0 spiro atoms. The van der Waals surface area contributed by atoms with Gasteiger partial charge in [-0.3, -0.25) is 14.4 Å². The Morgan fingerprint density at radius 1 is 1.00 bits per heavy atom. The minimum absolute atomic E-state index is 0.130. The number of nitrogens with one attached hydrogen (secondary N) is 1. The Morgan fingerprint density at radius 2 is 1.68 bits per heavy atom. The van der Waals surface area contributed by atoms with Crippen molar-refractivity contribution in [2.45, 2.75) is 13.3 Å². The number of aryl methyl sites for hydroxylation is 1. The summed E-state index contributed by atoms with van der Waals surface area (Å²) in [6.45, 7) is 1.58. The van der Waals surface area contributed by atoms with Crippen LogP contribution < -0.4 is 10.2 Å². The molecule has 3 rings (SSSR count). The summed E-state index contributed by atoms with van der Waals surface area (Å²) in [5.74, 6) is -2.17. The van der Waals surface area contributed by atoms with Gasteiger partial charge in [0, 0.05) is 17.8 Å². The first-order chi connectivity index (χ1) is 13.5. The van der Waals surface area contributed by atoms with E-state index in [0.717, 1.165) is 29.0 Å². The van der Waals surface area contributed by atoms with Crippen LogP contribution in [0.5, 0.6) is 0 Å². The van der Waals surface area contributed by atoms with Crippen molar-refractivity contribution in [3.63, 3.8) is 0 Å². The second-order valence-corrected chi connectivity index (χ2v) is 6.07. The smallest absolute Gasteiger partial charge is 0.338 e. The largest absolute Gasteiger partial charge is 0.452 e. The number of anilines is 2. The summed E-state index contributed by atoms with van der Waals surface area (Å²) in [5.41, 5.74) is 2.15. The lowest BCUT2D eigenvalue weighted by Crippen LogP contribution is -2.29. The molecular weight excluding hydrogens is 360 g/mol. The number of hydrogen-bond donors (Lipinski definition) is 1. The first-order valence-corrected chi connectivity index (χ1v) is 8.70. The van der Waals surface area contributed by atoms with Crippen molar-refractivity contribution in [2.24, 2.45) is 0 Å². The highest BCUT2D eigenvalue weighted by atomic mass is 16.5. The molecule has 0 aliphatic carbocycles. The van der Waals surface area contributed by atoms with Gasteiger partial charge in [0.05, 0.1) is 11.3 Å². The summed E-state index contributed by atoms with van der Waals surface area (Å²) in [5, 5.41) is 2.65. The molecule has 0 aromatic heterocycles. The number of ether oxygens (including phenoxy) is 1. The van der Waals surface area contributed by atoms with Gasteiger partial charge in [0.1, 0.15) is 0 Å². The van der Waals surface area contributed by atoms with Crippen LogP contribution in [0.2, 0.25) is 0 Å². The second kappa shape index (κ2) is 8.30. The van der Waals surface area contributed by atoms with Crippen LogP contribution in [0.4, 0.5) is 11.4 Å². The number of rotatable bonds is 6. The number of hydrogen-bond acceptors (Lipinski definition) is 5. The van der Waals surface area contributed by atoms with Crippen LogP contribution in [0.15, 0.2) is 60.7 Å². The molecule has 3 amide bonds. The van der Waals surface area contributed by atoms with Crippen molar-refractivity contribution in [1.29, 1.82) is 0 Å². The summed E-state index contributed by atoms with van der Waals surface area (Å²) in [6, 6.07) is 13.3. The molecule has 1 aliphatic heterocycles. The van der Waals surface area contributed by atoms with Crippen molar-refractivity contribution in [2.75, 3.05) is 16.8 Å². The van der Waals surface area contributed by atoms with Crippen LogP contribution in [-0.2, 0) is 25.5 Å². The topological polar surface area (TPSA) is 92.8 Å². The number of nitrogens with zero attached hydrogens (tertiary/aromatic N) is 1. The molecule has 2 aromatic carbocycles. The van der Waals surface area contributed by atoms with Gasteiger partial charge >= 0.3 is 5.97 Å². The Balaban J connectivity index is 1.58. The number of amides is 3. The van der Waals surface area contributed by atoms with Gasteiger partial charge < -0.3 is 10.1 Å². The third-order valence-electron chi connectivity index (χ3n) is 4.13. The zero-order valence-corrected chi connectivity index (χ0v) is 15.2. The van der Waals surface area contributed by atoms with E-state index in [4.69, 9.17) is 4.74 Å². The fourth-order valence-corrected chi connectivity index (χ4v) is 2.66. The number of benzene rings is 2. The fraction of sp³-hybridized carbons (Fsp3) is 0.143. The van der Waals surface area contributed by atoms with Gasteiger partial charge in [0.25, 0.3) is 17.7 Å². The van der Waals surface area contributed by atoms with Crippen molar-refractivity contribution < 1.29 is 23.9 Å². The van der Waals surface area contributed by atoms with Gasteiger partial charge in [-0.2, -0.15) is 0 Å². The third kappa shape index (κ3) is 4.32. The van der Waals surface area contributed by atoms with E-state index in [-0.39, 0.29) is 11.3 Å². The number of imide groups is 1. The van der Waals surface area contributed by atoms with Gasteiger partial charge in [-0.05, 0) is 42.3 Å². The molecule has 142 valence electrons. The number of carbonyl (C=O) groups excluding carboxylic acids is 4. The summed E-state index contributed by atoms with van der Waals surface area (Å²) in [6.07, 6.45) is 3.21. The molecule has 2 aromatic rings. The molecule has 1 heterocycles. The molecule has 0 saturated carbocycles. The molecule has 7 heteroatoms. The summed E-state index contributed by atoms with van der Waals surface area (Å²) in [4.78, 5) is 48.6. The summed E-state index contributed by atoms with van der Waals surface area (Å²) >= 11 is 0. The van der Waals surface area contributed by atoms with E-state index < -0.39 is 30.3 Å². The van der Waals surface area contributed by atoms with Crippen molar-refractivity contribution >= 4 is 35.1 Å². The maximum atomic E-state index is 12.2. The molecule has 7 nitrogen and oxygen atoms in total. The molecule has 0 radical (unpaired) electrons. The van der Waals surface area contributed by atoms with Gasteiger partial charge in [0.15, 0.2) is 6.61 Å². The zero-order chi connectivity index (χ0) is 20.1. The van der Waals surface area contributed by atoms with Gasteiger partial charge in [-0.15, -0.1) is 0 Å². The highest BCUT2D eigenvalue weighted by Crippen LogP contribution is 2.20. The lowest BCUT2D eigenvalue weighted by molar-refractivity contribution is -0.120. The number of esters is 1. The van der Waals surface area contributed by atoms with Crippen molar-refractivity contribution in [3.05, 3.63) is 71.8 Å². The normalized spacial score (nSPS) is 13.0. The lowest BCUT2D eigenvalue weighted by atomic mass is 10.1. The first kappa shape index (κ1) is 19.0. The van der Waals surface area contributed by atoms with Gasteiger partial charge in [-0.1, -0.05) is 25.1 Å². The first-order valence-electron chi connectivity index (χ1n) is 8.70. The van der Waals surface area contributed by atoms with Crippen LogP contribution in [0.3, 0.4) is 0 Å². The minimum Gasteiger partial charge on any atom is -0.452 e. The maximum Gasteiger partial charge on any atom is 0.338 e. The predicted octanol–water partition coefficient (Wildman–Crippen LogP) is 2.47. The van der Waals surface area contributed by atoms with E-state index in [1.165, 1.54) is 24.3 Å². The molecule has 1 aliphatic rings. The average molecular weight is 378 g/mol. The molecular formula is C21H18N2O5. The van der Waals surface area contributed by atoms with E-state index in [2.05, 4.69) is 5.32 Å². The van der Waals surface area contributed by atoms with Crippen molar-refractivity contribution in [3.8, 4) is 0 Å². The zero-order valence-electron chi connectivity index (χ0n) is 15.2. The number of carbonyl (C=O) groups is 4. The monoisotopic (exact) mass is 378 g/mol. The Hall–Kier alpha value is -3.74. The van der Waals surface area contributed by atoms with Crippen LogP contribution in [0.1, 0.15) is 22.8 Å². The highest BCUT2D eigenvalue weighted by Gasteiger charge is 2.25. The summed E-state index contributed by atoms with van der Waals surface area (Å²) < 4.78 is 5.02. The van der Waals surface area contributed by atoms with Crippen molar-refractivity contribution in [1.82, 2.24) is 0 Å². The highest BCUT2D eigenvalue weighted by molar-refractivity contribution is 6.28. The fourth-order valence-electron chi connectivity index (χ4n) is 2.66. The van der Waals surface area contributed by atoms with E-state index >= 15 is 0 Å². The quantitative estimate of drug-likeness (QED) is 0.616. The van der Waals surface area contributed by atoms with E-state index in [9.17, 15) is 19.2 Å². The molecule has 0 saturated heterocycles. The molecule has 0 bridgehead atoms. The average Bonchev–Trinajstić information content (AvgIpc) is 3.05. The minimum atomic E-state index is -0.731. The molecule has 0 unspecified atom stereocenters. The van der Waals surface area contributed by atoms with E-state index in [0.29, 0.717) is 5.69 Å². The predicted molar refractivity (Wildman–Crippen MR) is 103 cm³/mol. The Morgan fingerprint density at radius 3 is 2.32 bits per heavy atom. The van der Waals surface area contributed by atoms with E-state index in [1.54, 1.807) is 12.1 Å². The van der Waals surface area contributed by atoms with Crippen LogP contribution in [0.25, 0.3) is 0 Å². The SMILES string of the molecule is CCc1ccc(NC(=O)COC(=O)c2cccc(N3C(=O)C=CC3=O)c2)cc1. The lowest BCUT2D eigenvalue weighted by Gasteiger charge is -2.14. The Kier molecular flexibility index (Phi) is 5.64. The molecule has 0 atom stereocenters. The molecule has 1 N–H and O–H groups in total. The molecule has 0 fully saturated rings. The second-order valence-electron chi connectivity index (χ2n) is 6.07. The third-order valence-corrected chi connectivity index (χ3v) is 4.13. The van der Waals surface area contributed by atoms with Crippen LogP contribution in [0, 0.1) is 0 Å².